The predicted octanol–water partition coefficient (Wildman–Crippen LogP) is 3.54. The number of hydrogen-bond acceptors (Lipinski definition) is 6. The summed E-state index contributed by atoms with van der Waals surface area (Å²) in [6.07, 6.45) is 0.977. The first kappa shape index (κ1) is 23.7. The van der Waals surface area contributed by atoms with Gasteiger partial charge in [-0.25, -0.2) is 0 Å². The average molecular weight is 474 g/mol. The molecule has 2 aromatic rings. The maximum absolute atomic E-state index is 13.6. The molecule has 2 aliphatic heterocycles. The molecule has 1 unspecified atom stereocenters. The summed E-state index contributed by atoms with van der Waals surface area (Å²) in [5.74, 6) is 0.130. The van der Waals surface area contributed by atoms with Gasteiger partial charge in [0.1, 0.15) is 10.5 Å². The van der Waals surface area contributed by atoms with E-state index in [0.29, 0.717) is 55.9 Å². The molecule has 0 bridgehead atoms. The number of hydrogen-bond donors (Lipinski definition) is 2. The highest BCUT2D eigenvalue weighted by atomic mass is 32.1. The van der Waals surface area contributed by atoms with Gasteiger partial charge in [-0.2, -0.15) is 18.3 Å². The van der Waals surface area contributed by atoms with Gasteiger partial charge in [-0.1, -0.05) is 6.92 Å². The minimum Gasteiger partial charge on any atom is -0.396 e. The summed E-state index contributed by atoms with van der Waals surface area (Å²) in [5.41, 5.74) is 1.01. The van der Waals surface area contributed by atoms with Crippen molar-refractivity contribution in [2.45, 2.75) is 70.6 Å². The fourth-order valence-electron chi connectivity index (χ4n) is 4.97. The lowest BCUT2D eigenvalue weighted by atomic mass is 9.81. The van der Waals surface area contributed by atoms with Crippen LogP contribution in [0.2, 0.25) is 0 Å². The average Bonchev–Trinajstić information content (AvgIpc) is 3.35. The molecule has 10 heteroatoms. The zero-order chi connectivity index (χ0) is 23.1. The van der Waals surface area contributed by atoms with Crippen LogP contribution in [-0.2, 0) is 42.6 Å². The normalized spacial score (nSPS) is 25.3. The molecule has 32 heavy (non-hydrogen) atoms. The van der Waals surface area contributed by atoms with Gasteiger partial charge in [-0.05, 0) is 37.7 Å². The van der Waals surface area contributed by atoms with Crippen molar-refractivity contribution < 1.29 is 28.1 Å². The second-order valence-corrected chi connectivity index (χ2v) is 10.1. The third kappa shape index (κ3) is 4.48. The molecule has 2 aliphatic rings. The maximum atomic E-state index is 13.6. The summed E-state index contributed by atoms with van der Waals surface area (Å²) >= 11 is 0.755. The Morgan fingerprint density at radius 2 is 2.16 bits per heavy atom. The van der Waals surface area contributed by atoms with Crippen LogP contribution in [0.25, 0.3) is 0 Å². The van der Waals surface area contributed by atoms with E-state index in [9.17, 15) is 23.4 Å². The third-order valence-electron chi connectivity index (χ3n) is 6.61. The second kappa shape index (κ2) is 9.06. The number of nitrogens with zero attached hydrogens (tertiary/aromatic N) is 3. The van der Waals surface area contributed by atoms with Crippen molar-refractivity contribution in [1.82, 2.24) is 14.7 Å². The molecular formula is C22H30F3N3O3S. The van der Waals surface area contributed by atoms with E-state index in [2.05, 4.69) is 16.9 Å². The molecule has 3 atom stereocenters. The van der Waals surface area contributed by atoms with Gasteiger partial charge in [0.2, 0.25) is 0 Å². The first-order chi connectivity index (χ1) is 15.2. The molecule has 1 spiro atoms. The fourth-order valence-corrected chi connectivity index (χ4v) is 6.38. The summed E-state index contributed by atoms with van der Waals surface area (Å²) in [4.78, 5) is 2.28. The van der Waals surface area contributed by atoms with Gasteiger partial charge in [-0.3, -0.25) is 9.58 Å². The van der Waals surface area contributed by atoms with Crippen LogP contribution >= 0.6 is 11.3 Å². The van der Waals surface area contributed by atoms with Crippen LogP contribution in [0.3, 0.4) is 0 Å². The number of aliphatic hydroxyl groups is 2. The topological polar surface area (TPSA) is 70.8 Å². The number of ether oxygens (including phenoxy) is 1. The summed E-state index contributed by atoms with van der Waals surface area (Å²) in [6.45, 7) is 5.99. The van der Waals surface area contributed by atoms with E-state index < -0.39 is 23.3 Å². The van der Waals surface area contributed by atoms with Gasteiger partial charge in [0.05, 0.1) is 19.4 Å². The van der Waals surface area contributed by atoms with Crippen LogP contribution in [0.5, 0.6) is 0 Å². The molecule has 2 aromatic heterocycles. The van der Waals surface area contributed by atoms with Crippen molar-refractivity contribution >= 4 is 11.3 Å². The van der Waals surface area contributed by atoms with E-state index in [1.54, 1.807) is 0 Å². The van der Waals surface area contributed by atoms with Gasteiger partial charge < -0.3 is 14.9 Å². The monoisotopic (exact) mass is 473 g/mol. The molecule has 4 heterocycles. The SMILES string of the molecule is CC(CO)Cn1cc(CN2CC[C@]3(C[C@@H]2C)OCCc2c3sc(C(F)(F)F)c2CO)cn1. The highest BCUT2D eigenvalue weighted by molar-refractivity contribution is 7.12. The Labute approximate surface area is 189 Å². The largest absolute Gasteiger partial charge is 0.425 e. The van der Waals surface area contributed by atoms with E-state index >= 15 is 0 Å². The van der Waals surface area contributed by atoms with Crippen LogP contribution in [0.4, 0.5) is 13.2 Å². The van der Waals surface area contributed by atoms with Crippen molar-refractivity contribution in [2.24, 2.45) is 5.92 Å². The fraction of sp³-hybridized carbons (Fsp3) is 0.682. The van der Waals surface area contributed by atoms with Crippen LogP contribution < -0.4 is 0 Å². The van der Waals surface area contributed by atoms with Crippen LogP contribution in [0.1, 0.15) is 53.1 Å². The van der Waals surface area contributed by atoms with Crippen molar-refractivity contribution in [2.75, 3.05) is 19.8 Å². The number of aliphatic hydroxyl groups excluding tert-OH is 2. The Hall–Kier alpha value is -1.46. The number of halogens is 3. The van der Waals surface area contributed by atoms with Crippen molar-refractivity contribution in [3.05, 3.63) is 38.8 Å². The molecule has 1 saturated heterocycles. The summed E-state index contributed by atoms with van der Waals surface area (Å²) < 4.78 is 48.8. The van der Waals surface area contributed by atoms with Gasteiger partial charge in [-0.15, -0.1) is 11.3 Å². The first-order valence-corrected chi connectivity index (χ1v) is 11.8. The van der Waals surface area contributed by atoms with Gasteiger partial charge in [0.25, 0.3) is 0 Å². The number of alkyl halides is 3. The third-order valence-corrected chi connectivity index (χ3v) is 8.12. The van der Waals surface area contributed by atoms with E-state index in [1.807, 2.05) is 24.0 Å². The molecule has 6 nitrogen and oxygen atoms in total. The molecule has 0 aromatic carbocycles. The molecule has 2 N–H and O–H groups in total. The molecule has 0 amide bonds. The molecule has 178 valence electrons. The summed E-state index contributed by atoms with van der Waals surface area (Å²) in [7, 11) is 0. The second-order valence-electron chi connectivity index (χ2n) is 9.10. The maximum Gasteiger partial charge on any atom is 0.425 e. The quantitative estimate of drug-likeness (QED) is 0.672. The number of fused-ring (bicyclic) bond motifs is 2. The molecule has 0 radical (unpaired) electrons. The zero-order valence-electron chi connectivity index (χ0n) is 18.4. The number of rotatable bonds is 6. The zero-order valence-corrected chi connectivity index (χ0v) is 19.2. The molecule has 0 aliphatic carbocycles. The van der Waals surface area contributed by atoms with Crippen molar-refractivity contribution in [1.29, 1.82) is 0 Å². The number of aromatic nitrogens is 2. The summed E-state index contributed by atoms with van der Waals surface area (Å²) in [6, 6.07) is 0.114. The first-order valence-electron chi connectivity index (χ1n) is 11.0. The van der Waals surface area contributed by atoms with E-state index in [1.165, 1.54) is 0 Å². The minimum atomic E-state index is -4.47. The Morgan fingerprint density at radius 3 is 2.81 bits per heavy atom. The Kier molecular flexibility index (Phi) is 6.71. The molecular weight excluding hydrogens is 443 g/mol. The Balaban J connectivity index is 1.51. The van der Waals surface area contributed by atoms with Crippen LogP contribution in [0, 0.1) is 5.92 Å². The predicted molar refractivity (Wildman–Crippen MR) is 114 cm³/mol. The number of thiophene rings is 1. The highest BCUT2D eigenvalue weighted by Crippen LogP contribution is 2.51. The Morgan fingerprint density at radius 1 is 1.38 bits per heavy atom. The number of likely N-dealkylation sites (tertiary alicyclic amines) is 1. The smallest absolute Gasteiger partial charge is 0.396 e. The highest BCUT2D eigenvalue weighted by Gasteiger charge is 2.48. The van der Waals surface area contributed by atoms with Crippen LogP contribution in [-0.4, -0.2) is 50.7 Å². The summed E-state index contributed by atoms with van der Waals surface area (Å²) in [5, 5.41) is 23.3. The lowest BCUT2D eigenvalue weighted by molar-refractivity contribution is -0.135. The van der Waals surface area contributed by atoms with E-state index in [4.69, 9.17) is 4.74 Å². The van der Waals surface area contributed by atoms with Gasteiger partial charge in [0.15, 0.2) is 0 Å². The van der Waals surface area contributed by atoms with E-state index in [0.717, 1.165) is 16.9 Å². The number of piperidine rings is 1. The minimum absolute atomic E-state index is 0.0276. The van der Waals surface area contributed by atoms with Gasteiger partial charge >= 0.3 is 6.18 Å². The van der Waals surface area contributed by atoms with E-state index in [-0.39, 0.29) is 24.1 Å². The van der Waals surface area contributed by atoms with Crippen LogP contribution in [0.15, 0.2) is 12.4 Å². The molecule has 1 fully saturated rings. The lowest BCUT2D eigenvalue weighted by Gasteiger charge is -2.47. The lowest BCUT2D eigenvalue weighted by Crippen LogP contribution is -2.50. The molecule has 0 saturated carbocycles. The molecule has 4 rings (SSSR count). The standard InChI is InChI=1S/C22H30F3N3O3S/c1-14(12-29)9-28-11-16(8-26-28)10-27-5-4-21(7-15(27)2)19-17(3-6-31-21)18(13-30)20(32-19)22(23,24)25/h8,11,14-15,29-30H,3-7,9-10,12-13H2,1-2H3/t14?,15-,21+/m0/s1. The van der Waals surface area contributed by atoms with Gasteiger partial charge in [0, 0.05) is 54.5 Å². The van der Waals surface area contributed by atoms with Crippen molar-refractivity contribution in [3.63, 3.8) is 0 Å². The Bertz CT molecular complexity index is 945. The van der Waals surface area contributed by atoms with Crippen molar-refractivity contribution in [3.8, 4) is 0 Å².